The van der Waals surface area contributed by atoms with Crippen LogP contribution < -0.4 is 5.32 Å². The van der Waals surface area contributed by atoms with E-state index in [0.29, 0.717) is 11.8 Å². The topological polar surface area (TPSA) is 32.3 Å². The molecule has 3 nitrogen and oxygen atoms in total. The van der Waals surface area contributed by atoms with E-state index in [0.717, 1.165) is 25.3 Å². The summed E-state index contributed by atoms with van der Waals surface area (Å²) >= 11 is 3.63. The number of hydrogen-bond donors (Lipinski definition) is 1. The predicted octanol–water partition coefficient (Wildman–Crippen LogP) is 4.14. The third kappa shape index (κ3) is 4.05. The zero-order chi connectivity index (χ0) is 15.2. The lowest BCUT2D eigenvalue weighted by Crippen LogP contribution is -2.40. The summed E-state index contributed by atoms with van der Waals surface area (Å²) < 4.78 is 0. The SMILES string of the molecule is O=C(NCc1cccs1)N1CCSC(c2ccccc2)CC1. The first-order valence-electron chi connectivity index (χ1n) is 7.54. The molecule has 0 spiro atoms. The minimum Gasteiger partial charge on any atom is -0.333 e. The van der Waals surface area contributed by atoms with Crippen molar-refractivity contribution in [2.45, 2.75) is 18.2 Å². The van der Waals surface area contributed by atoms with Gasteiger partial charge in [-0.25, -0.2) is 4.79 Å². The Kier molecular flexibility index (Phi) is 5.40. The highest BCUT2D eigenvalue weighted by atomic mass is 32.2. The van der Waals surface area contributed by atoms with E-state index in [4.69, 9.17) is 0 Å². The number of nitrogens with zero attached hydrogens (tertiary/aromatic N) is 1. The quantitative estimate of drug-likeness (QED) is 0.916. The third-order valence-electron chi connectivity index (χ3n) is 3.79. The molecule has 3 rings (SSSR count). The fourth-order valence-electron chi connectivity index (χ4n) is 2.59. The van der Waals surface area contributed by atoms with E-state index in [2.05, 4.69) is 41.7 Å². The van der Waals surface area contributed by atoms with Crippen LogP contribution in [0.3, 0.4) is 0 Å². The van der Waals surface area contributed by atoms with Gasteiger partial charge in [0.15, 0.2) is 0 Å². The van der Waals surface area contributed by atoms with Crippen molar-refractivity contribution < 1.29 is 4.79 Å². The molecule has 0 aliphatic carbocycles. The molecule has 1 saturated heterocycles. The molecule has 1 N–H and O–H groups in total. The number of carbonyl (C=O) groups excluding carboxylic acids is 1. The van der Waals surface area contributed by atoms with E-state index in [-0.39, 0.29) is 6.03 Å². The second kappa shape index (κ2) is 7.70. The van der Waals surface area contributed by atoms with Gasteiger partial charge >= 0.3 is 6.03 Å². The van der Waals surface area contributed by atoms with E-state index < -0.39 is 0 Å². The maximum absolute atomic E-state index is 12.3. The number of hydrogen-bond acceptors (Lipinski definition) is 3. The molecule has 116 valence electrons. The largest absolute Gasteiger partial charge is 0.333 e. The number of amides is 2. The van der Waals surface area contributed by atoms with Crippen LogP contribution in [0.15, 0.2) is 47.8 Å². The molecule has 1 unspecified atom stereocenters. The fourth-order valence-corrected chi connectivity index (χ4v) is 4.47. The van der Waals surface area contributed by atoms with Crippen LogP contribution in [0.5, 0.6) is 0 Å². The first kappa shape index (κ1) is 15.4. The van der Waals surface area contributed by atoms with Crippen molar-refractivity contribution in [3.05, 3.63) is 58.3 Å². The van der Waals surface area contributed by atoms with Crippen LogP contribution in [0.25, 0.3) is 0 Å². The Bertz CT molecular complexity index is 586. The summed E-state index contributed by atoms with van der Waals surface area (Å²) in [4.78, 5) is 15.4. The second-order valence-electron chi connectivity index (χ2n) is 5.28. The number of thiophene rings is 1. The predicted molar refractivity (Wildman–Crippen MR) is 94.4 cm³/mol. The Morgan fingerprint density at radius 2 is 2.05 bits per heavy atom. The standard InChI is InChI=1S/C17H20N2OS2/c20-17(18-13-15-7-4-11-21-15)19-9-8-16(22-12-10-19)14-5-2-1-3-6-14/h1-7,11,16H,8-10,12-13H2,(H,18,20). The second-order valence-corrected chi connectivity index (χ2v) is 7.63. The van der Waals surface area contributed by atoms with E-state index in [1.807, 2.05) is 28.1 Å². The molecule has 5 heteroatoms. The highest BCUT2D eigenvalue weighted by Crippen LogP contribution is 2.34. The molecule has 2 heterocycles. The van der Waals surface area contributed by atoms with Crippen molar-refractivity contribution >= 4 is 29.1 Å². The molecule has 1 aromatic heterocycles. The van der Waals surface area contributed by atoms with Crippen molar-refractivity contribution in [3.8, 4) is 0 Å². The lowest BCUT2D eigenvalue weighted by Gasteiger charge is -2.20. The van der Waals surface area contributed by atoms with Crippen LogP contribution >= 0.6 is 23.1 Å². The average Bonchev–Trinajstić information content (AvgIpc) is 2.96. The lowest BCUT2D eigenvalue weighted by atomic mass is 10.1. The molecule has 1 aliphatic heterocycles. The minimum atomic E-state index is 0.0581. The number of benzene rings is 1. The Morgan fingerprint density at radius 3 is 2.82 bits per heavy atom. The number of rotatable bonds is 3. The molecule has 1 aliphatic rings. The van der Waals surface area contributed by atoms with Gasteiger partial charge in [-0.15, -0.1) is 11.3 Å². The van der Waals surface area contributed by atoms with Gasteiger partial charge in [0, 0.05) is 29.0 Å². The first-order chi connectivity index (χ1) is 10.8. The van der Waals surface area contributed by atoms with Gasteiger partial charge in [0.25, 0.3) is 0 Å². The number of nitrogens with one attached hydrogen (secondary N) is 1. The van der Waals surface area contributed by atoms with Gasteiger partial charge < -0.3 is 10.2 Å². The van der Waals surface area contributed by atoms with Crippen LogP contribution in [0.2, 0.25) is 0 Å². The van der Waals surface area contributed by atoms with Gasteiger partial charge in [-0.05, 0) is 23.4 Å². The summed E-state index contributed by atoms with van der Waals surface area (Å²) in [7, 11) is 0. The summed E-state index contributed by atoms with van der Waals surface area (Å²) in [5.41, 5.74) is 1.37. The van der Waals surface area contributed by atoms with Crippen molar-refractivity contribution in [1.29, 1.82) is 0 Å². The Labute approximate surface area is 139 Å². The smallest absolute Gasteiger partial charge is 0.317 e. The van der Waals surface area contributed by atoms with Crippen LogP contribution in [0.4, 0.5) is 4.79 Å². The van der Waals surface area contributed by atoms with Gasteiger partial charge in [-0.2, -0.15) is 11.8 Å². The Morgan fingerprint density at radius 1 is 1.18 bits per heavy atom. The van der Waals surface area contributed by atoms with E-state index >= 15 is 0 Å². The van der Waals surface area contributed by atoms with Crippen molar-refractivity contribution in [2.75, 3.05) is 18.8 Å². The van der Waals surface area contributed by atoms with Crippen molar-refractivity contribution in [1.82, 2.24) is 10.2 Å². The Balaban J connectivity index is 1.52. The van der Waals surface area contributed by atoms with E-state index in [1.165, 1.54) is 10.4 Å². The maximum atomic E-state index is 12.3. The maximum Gasteiger partial charge on any atom is 0.317 e. The van der Waals surface area contributed by atoms with Crippen LogP contribution in [-0.2, 0) is 6.54 Å². The highest BCUT2D eigenvalue weighted by molar-refractivity contribution is 7.99. The molecular weight excluding hydrogens is 312 g/mol. The lowest BCUT2D eigenvalue weighted by molar-refractivity contribution is 0.201. The molecule has 0 radical (unpaired) electrons. The average molecular weight is 332 g/mol. The molecule has 22 heavy (non-hydrogen) atoms. The van der Waals surface area contributed by atoms with Crippen LogP contribution in [-0.4, -0.2) is 29.8 Å². The van der Waals surface area contributed by atoms with Crippen molar-refractivity contribution in [3.63, 3.8) is 0 Å². The van der Waals surface area contributed by atoms with E-state index in [9.17, 15) is 4.79 Å². The summed E-state index contributed by atoms with van der Waals surface area (Å²) in [6.07, 6.45) is 1.01. The van der Waals surface area contributed by atoms with Crippen molar-refractivity contribution in [2.24, 2.45) is 0 Å². The zero-order valence-electron chi connectivity index (χ0n) is 12.4. The molecule has 0 bridgehead atoms. The van der Waals surface area contributed by atoms with E-state index in [1.54, 1.807) is 11.3 Å². The highest BCUT2D eigenvalue weighted by Gasteiger charge is 2.21. The van der Waals surface area contributed by atoms with Gasteiger partial charge in [-0.1, -0.05) is 36.4 Å². The number of urea groups is 1. The molecular formula is C17H20N2OS2. The molecule has 2 aromatic rings. The van der Waals surface area contributed by atoms with Gasteiger partial charge in [0.2, 0.25) is 0 Å². The third-order valence-corrected chi connectivity index (χ3v) is 6.00. The zero-order valence-corrected chi connectivity index (χ0v) is 14.0. The van der Waals surface area contributed by atoms with Gasteiger partial charge in [0.1, 0.15) is 0 Å². The van der Waals surface area contributed by atoms with Gasteiger partial charge in [0.05, 0.1) is 6.54 Å². The molecule has 1 fully saturated rings. The number of carbonyl (C=O) groups is 1. The monoisotopic (exact) mass is 332 g/mol. The van der Waals surface area contributed by atoms with Crippen LogP contribution in [0, 0.1) is 0 Å². The van der Waals surface area contributed by atoms with Crippen LogP contribution in [0.1, 0.15) is 22.1 Å². The normalized spacial score (nSPS) is 18.7. The molecule has 1 aromatic carbocycles. The fraction of sp³-hybridized carbons (Fsp3) is 0.353. The molecule has 1 atom stereocenters. The molecule has 2 amide bonds. The minimum absolute atomic E-state index is 0.0581. The number of thioether (sulfide) groups is 1. The molecule has 0 saturated carbocycles. The summed E-state index contributed by atoms with van der Waals surface area (Å²) in [5, 5.41) is 5.56. The summed E-state index contributed by atoms with van der Waals surface area (Å²) in [5.74, 6) is 0.992. The summed E-state index contributed by atoms with van der Waals surface area (Å²) in [6.45, 7) is 2.27. The first-order valence-corrected chi connectivity index (χ1v) is 9.47. The Hall–Kier alpha value is -1.46. The van der Waals surface area contributed by atoms with Gasteiger partial charge in [-0.3, -0.25) is 0 Å². The summed E-state index contributed by atoms with van der Waals surface area (Å²) in [6, 6.07) is 14.7.